The first kappa shape index (κ1) is 13.0. The number of aromatic nitrogens is 1. The highest BCUT2D eigenvalue weighted by Crippen LogP contribution is 2.25. The number of ether oxygens (including phenoxy) is 1. The summed E-state index contributed by atoms with van der Waals surface area (Å²) in [6.45, 7) is 1.88. The summed E-state index contributed by atoms with van der Waals surface area (Å²) in [6.07, 6.45) is 1.67. The third-order valence-electron chi connectivity index (χ3n) is 2.40. The second-order valence-corrected chi connectivity index (χ2v) is 4.75. The van der Waals surface area contributed by atoms with Crippen LogP contribution in [0.25, 0.3) is 0 Å². The molecule has 0 fully saturated rings. The summed E-state index contributed by atoms with van der Waals surface area (Å²) >= 11 is 3.10. The summed E-state index contributed by atoms with van der Waals surface area (Å²) in [4.78, 5) is 4.14. The Morgan fingerprint density at radius 2 is 2.11 bits per heavy atom. The summed E-state index contributed by atoms with van der Waals surface area (Å²) < 4.78 is 18.9. The molecule has 5 heteroatoms. The minimum Gasteiger partial charge on any atom is -0.439 e. The zero-order valence-electron chi connectivity index (χ0n) is 9.73. The van der Waals surface area contributed by atoms with Crippen molar-refractivity contribution in [3.05, 3.63) is 52.4 Å². The van der Waals surface area contributed by atoms with Gasteiger partial charge >= 0.3 is 0 Å². The third-order valence-corrected chi connectivity index (χ3v) is 3.01. The van der Waals surface area contributed by atoms with Crippen molar-refractivity contribution in [2.45, 2.75) is 13.0 Å². The molecule has 2 aromatic rings. The number of halogens is 2. The van der Waals surface area contributed by atoms with Crippen LogP contribution >= 0.6 is 15.9 Å². The van der Waals surface area contributed by atoms with Gasteiger partial charge in [0.1, 0.15) is 11.6 Å². The molecular weight excluding hydrogens is 299 g/mol. The predicted octanol–water partition coefficient (Wildman–Crippen LogP) is 3.80. The van der Waals surface area contributed by atoms with Crippen LogP contribution in [0.5, 0.6) is 11.6 Å². The van der Waals surface area contributed by atoms with E-state index >= 15 is 0 Å². The highest BCUT2D eigenvalue weighted by Gasteiger charge is 2.04. The standard InChI is InChI=1S/C13H12BrFN2O/c1-8(16)9-2-5-13(17-7-9)18-10-3-4-12(15)11(14)6-10/h2-8H,16H2,1H3/t8-/m0/s1. The van der Waals surface area contributed by atoms with Crippen molar-refractivity contribution in [3.63, 3.8) is 0 Å². The van der Waals surface area contributed by atoms with Crippen molar-refractivity contribution in [1.29, 1.82) is 0 Å². The van der Waals surface area contributed by atoms with Crippen LogP contribution in [0.3, 0.4) is 0 Å². The Morgan fingerprint density at radius 1 is 1.33 bits per heavy atom. The first-order valence-electron chi connectivity index (χ1n) is 5.40. The Bertz CT molecular complexity index is 543. The molecule has 1 aromatic carbocycles. The maximum absolute atomic E-state index is 13.0. The van der Waals surface area contributed by atoms with Gasteiger partial charge in [-0.3, -0.25) is 0 Å². The van der Waals surface area contributed by atoms with Crippen LogP contribution in [0.2, 0.25) is 0 Å². The maximum Gasteiger partial charge on any atom is 0.219 e. The average molecular weight is 311 g/mol. The van der Waals surface area contributed by atoms with Gasteiger partial charge < -0.3 is 10.5 Å². The molecule has 0 bridgehead atoms. The molecule has 94 valence electrons. The summed E-state index contributed by atoms with van der Waals surface area (Å²) in [7, 11) is 0. The van der Waals surface area contributed by atoms with Gasteiger partial charge in [0.2, 0.25) is 5.88 Å². The largest absolute Gasteiger partial charge is 0.439 e. The molecule has 1 atom stereocenters. The van der Waals surface area contributed by atoms with E-state index in [1.807, 2.05) is 13.0 Å². The Balaban J connectivity index is 2.15. The number of rotatable bonds is 3. The zero-order chi connectivity index (χ0) is 13.1. The number of hydrogen-bond donors (Lipinski definition) is 1. The Kier molecular flexibility index (Phi) is 3.93. The van der Waals surface area contributed by atoms with E-state index in [0.717, 1.165) is 5.56 Å². The van der Waals surface area contributed by atoms with E-state index in [1.54, 1.807) is 24.4 Å². The zero-order valence-corrected chi connectivity index (χ0v) is 11.3. The van der Waals surface area contributed by atoms with Crippen molar-refractivity contribution in [2.75, 3.05) is 0 Å². The maximum atomic E-state index is 13.0. The van der Waals surface area contributed by atoms with Gasteiger partial charge in [0, 0.05) is 18.3 Å². The highest BCUT2D eigenvalue weighted by atomic mass is 79.9. The molecule has 1 heterocycles. The topological polar surface area (TPSA) is 48.1 Å². The lowest BCUT2D eigenvalue weighted by Crippen LogP contribution is -2.05. The third kappa shape index (κ3) is 3.05. The fourth-order valence-corrected chi connectivity index (χ4v) is 1.74. The molecule has 0 saturated carbocycles. The van der Waals surface area contributed by atoms with Crippen LogP contribution in [0.1, 0.15) is 18.5 Å². The first-order chi connectivity index (χ1) is 8.56. The molecule has 0 aliphatic carbocycles. The van der Waals surface area contributed by atoms with Gasteiger partial charge in [0.15, 0.2) is 0 Å². The van der Waals surface area contributed by atoms with Crippen LogP contribution in [0.4, 0.5) is 4.39 Å². The molecule has 18 heavy (non-hydrogen) atoms. The van der Waals surface area contributed by atoms with Crippen LogP contribution in [-0.4, -0.2) is 4.98 Å². The monoisotopic (exact) mass is 310 g/mol. The fourth-order valence-electron chi connectivity index (χ4n) is 1.38. The normalized spacial score (nSPS) is 12.2. The fraction of sp³-hybridized carbons (Fsp3) is 0.154. The van der Waals surface area contributed by atoms with E-state index in [0.29, 0.717) is 16.1 Å². The molecule has 0 unspecified atom stereocenters. The Hall–Kier alpha value is -1.46. The van der Waals surface area contributed by atoms with Crippen LogP contribution in [-0.2, 0) is 0 Å². The molecule has 0 aliphatic heterocycles. The smallest absolute Gasteiger partial charge is 0.219 e. The minimum atomic E-state index is -0.331. The van der Waals surface area contributed by atoms with E-state index in [1.165, 1.54) is 6.07 Å². The second-order valence-electron chi connectivity index (χ2n) is 3.90. The lowest BCUT2D eigenvalue weighted by atomic mass is 10.2. The van der Waals surface area contributed by atoms with Gasteiger partial charge in [-0.05, 0) is 46.6 Å². The van der Waals surface area contributed by atoms with Gasteiger partial charge in [-0.25, -0.2) is 9.37 Å². The highest BCUT2D eigenvalue weighted by molar-refractivity contribution is 9.10. The number of nitrogens with zero attached hydrogens (tertiary/aromatic N) is 1. The molecule has 0 amide bonds. The van der Waals surface area contributed by atoms with E-state index in [9.17, 15) is 4.39 Å². The number of pyridine rings is 1. The molecule has 0 saturated heterocycles. The van der Waals surface area contributed by atoms with Crippen molar-refractivity contribution in [2.24, 2.45) is 5.73 Å². The lowest BCUT2D eigenvalue weighted by molar-refractivity contribution is 0.460. The van der Waals surface area contributed by atoms with Gasteiger partial charge in [0.25, 0.3) is 0 Å². The summed E-state index contributed by atoms with van der Waals surface area (Å²) in [5, 5.41) is 0. The molecule has 0 spiro atoms. The predicted molar refractivity (Wildman–Crippen MR) is 71.0 cm³/mol. The molecule has 0 radical (unpaired) electrons. The van der Waals surface area contributed by atoms with Gasteiger partial charge in [0.05, 0.1) is 4.47 Å². The molecular formula is C13H12BrFN2O. The van der Waals surface area contributed by atoms with Gasteiger partial charge in [-0.1, -0.05) is 6.07 Å². The first-order valence-corrected chi connectivity index (χ1v) is 6.20. The van der Waals surface area contributed by atoms with Crippen LogP contribution < -0.4 is 10.5 Å². The van der Waals surface area contributed by atoms with Crippen molar-refractivity contribution < 1.29 is 9.13 Å². The molecule has 2 N–H and O–H groups in total. The molecule has 0 aliphatic rings. The minimum absolute atomic E-state index is 0.0634. The molecule has 2 rings (SSSR count). The quantitative estimate of drug-likeness (QED) is 0.938. The second kappa shape index (κ2) is 5.46. The lowest BCUT2D eigenvalue weighted by Gasteiger charge is -2.08. The Morgan fingerprint density at radius 3 is 2.67 bits per heavy atom. The molecule has 1 aromatic heterocycles. The summed E-state index contributed by atoms with van der Waals surface area (Å²) in [5.41, 5.74) is 6.66. The number of nitrogens with two attached hydrogens (primary N) is 1. The van der Waals surface area contributed by atoms with E-state index in [2.05, 4.69) is 20.9 Å². The van der Waals surface area contributed by atoms with Crippen LogP contribution in [0.15, 0.2) is 41.0 Å². The van der Waals surface area contributed by atoms with Crippen LogP contribution in [0, 0.1) is 5.82 Å². The van der Waals surface area contributed by atoms with Gasteiger partial charge in [-0.15, -0.1) is 0 Å². The Labute approximate surface area is 113 Å². The summed E-state index contributed by atoms with van der Waals surface area (Å²) in [5.74, 6) is 0.629. The van der Waals surface area contributed by atoms with Crippen molar-refractivity contribution >= 4 is 15.9 Å². The average Bonchev–Trinajstić information content (AvgIpc) is 2.34. The number of benzene rings is 1. The van der Waals surface area contributed by atoms with E-state index < -0.39 is 0 Å². The van der Waals surface area contributed by atoms with E-state index in [-0.39, 0.29) is 11.9 Å². The van der Waals surface area contributed by atoms with Crippen molar-refractivity contribution in [1.82, 2.24) is 4.98 Å². The SMILES string of the molecule is C[C@H](N)c1ccc(Oc2ccc(F)c(Br)c2)nc1. The van der Waals surface area contributed by atoms with Crippen molar-refractivity contribution in [3.8, 4) is 11.6 Å². The molecule has 3 nitrogen and oxygen atoms in total. The van der Waals surface area contributed by atoms with Gasteiger partial charge in [-0.2, -0.15) is 0 Å². The number of hydrogen-bond acceptors (Lipinski definition) is 3. The van der Waals surface area contributed by atoms with E-state index in [4.69, 9.17) is 10.5 Å². The summed E-state index contributed by atoms with van der Waals surface area (Å²) in [6, 6.07) is 7.95.